The van der Waals surface area contributed by atoms with Crippen LogP contribution in [-0.4, -0.2) is 46.2 Å². The van der Waals surface area contributed by atoms with Gasteiger partial charge in [0.1, 0.15) is 5.75 Å². The number of benzene rings is 1. The minimum Gasteiger partial charge on any atom is -0.496 e. The number of para-hydroxylation sites is 1. The number of ether oxygens (including phenoxy) is 1. The first-order valence-corrected chi connectivity index (χ1v) is 8.59. The maximum atomic E-state index is 11.8. The number of urea groups is 1. The van der Waals surface area contributed by atoms with Crippen LogP contribution in [0.15, 0.2) is 29.4 Å². The van der Waals surface area contributed by atoms with E-state index < -0.39 is 11.9 Å². The van der Waals surface area contributed by atoms with Crippen LogP contribution in [0.4, 0.5) is 4.79 Å². The topological polar surface area (TPSA) is 124 Å². The first-order valence-electron chi connectivity index (χ1n) is 7.61. The number of hydrogen-bond acceptors (Lipinski definition) is 7. The van der Waals surface area contributed by atoms with Gasteiger partial charge in [-0.15, -0.1) is 10.2 Å². The molecule has 0 saturated carbocycles. The molecule has 0 aliphatic rings. The van der Waals surface area contributed by atoms with E-state index in [-0.39, 0.29) is 5.75 Å². The van der Waals surface area contributed by atoms with Crippen LogP contribution in [0, 0.1) is 0 Å². The number of nitrogens with one attached hydrogen (secondary N) is 2. The minimum absolute atomic E-state index is 0.0131. The van der Waals surface area contributed by atoms with Gasteiger partial charge in [0.25, 0.3) is 0 Å². The van der Waals surface area contributed by atoms with E-state index in [0.29, 0.717) is 28.8 Å². The Kier molecular flexibility index (Phi) is 6.63. The predicted octanol–water partition coefficient (Wildman–Crippen LogP) is 0.995. The van der Waals surface area contributed by atoms with E-state index >= 15 is 0 Å². The van der Waals surface area contributed by atoms with Crippen LogP contribution in [0.1, 0.15) is 13.3 Å². The normalized spacial score (nSPS) is 10.3. The van der Waals surface area contributed by atoms with E-state index in [4.69, 9.17) is 10.6 Å². The molecule has 9 nitrogen and oxygen atoms in total. The SMILES string of the molecule is CCCNC(=O)NC(=O)CSc1nnc(-c2ccccc2OC)n1N. The van der Waals surface area contributed by atoms with Crippen LogP contribution in [-0.2, 0) is 4.79 Å². The third kappa shape index (κ3) is 4.86. The maximum Gasteiger partial charge on any atom is 0.321 e. The highest BCUT2D eigenvalue weighted by Crippen LogP contribution is 2.29. The van der Waals surface area contributed by atoms with Gasteiger partial charge in [0.2, 0.25) is 11.1 Å². The summed E-state index contributed by atoms with van der Waals surface area (Å²) in [6.07, 6.45) is 0.790. The summed E-state index contributed by atoms with van der Waals surface area (Å²) in [5.74, 6) is 6.59. The van der Waals surface area contributed by atoms with E-state index in [0.717, 1.165) is 18.2 Å². The maximum absolute atomic E-state index is 11.8. The highest BCUT2D eigenvalue weighted by molar-refractivity contribution is 7.99. The van der Waals surface area contributed by atoms with Gasteiger partial charge in [0.15, 0.2) is 5.82 Å². The summed E-state index contributed by atoms with van der Waals surface area (Å²) in [7, 11) is 1.56. The molecule has 2 aromatic rings. The Morgan fingerprint density at radius 1 is 1.32 bits per heavy atom. The van der Waals surface area contributed by atoms with Crippen molar-refractivity contribution in [2.24, 2.45) is 0 Å². The molecular weight excluding hydrogens is 344 g/mol. The molecule has 134 valence electrons. The zero-order chi connectivity index (χ0) is 18.2. The van der Waals surface area contributed by atoms with Gasteiger partial charge in [-0.2, -0.15) is 0 Å². The first-order chi connectivity index (χ1) is 12.1. The lowest BCUT2D eigenvalue weighted by molar-refractivity contribution is -0.117. The summed E-state index contributed by atoms with van der Waals surface area (Å²) >= 11 is 1.08. The van der Waals surface area contributed by atoms with Crippen molar-refractivity contribution in [1.82, 2.24) is 25.5 Å². The van der Waals surface area contributed by atoms with Gasteiger partial charge in [-0.3, -0.25) is 10.1 Å². The van der Waals surface area contributed by atoms with Crippen LogP contribution in [0.2, 0.25) is 0 Å². The van der Waals surface area contributed by atoms with Gasteiger partial charge in [0, 0.05) is 6.54 Å². The number of nitrogens with two attached hydrogens (primary N) is 1. The second-order valence-electron chi connectivity index (χ2n) is 4.97. The third-order valence-corrected chi connectivity index (χ3v) is 4.08. The molecule has 0 spiro atoms. The number of imide groups is 1. The van der Waals surface area contributed by atoms with Crippen molar-refractivity contribution in [3.63, 3.8) is 0 Å². The van der Waals surface area contributed by atoms with Gasteiger partial charge in [-0.25, -0.2) is 9.47 Å². The van der Waals surface area contributed by atoms with Gasteiger partial charge >= 0.3 is 6.03 Å². The van der Waals surface area contributed by atoms with Crippen molar-refractivity contribution in [2.75, 3.05) is 25.3 Å². The Morgan fingerprint density at radius 3 is 2.80 bits per heavy atom. The average Bonchev–Trinajstić information content (AvgIpc) is 2.98. The van der Waals surface area contributed by atoms with E-state index in [1.165, 1.54) is 4.68 Å². The van der Waals surface area contributed by atoms with Crippen molar-refractivity contribution in [1.29, 1.82) is 0 Å². The monoisotopic (exact) mass is 364 g/mol. The van der Waals surface area contributed by atoms with Crippen LogP contribution in [0.3, 0.4) is 0 Å². The largest absolute Gasteiger partial charge is 0.496 e. The van der Waals surface area contributed by atoms with Crippen molar-refractivity contribution < 1.29 is 14.3 Å². The van der Waals surface area contributed by atoms with E-state index in [1.807, 2.05) is 25.1 Å². The lowest BCUT2D eigenvalue weighted by Crippen LogP contribution is -2.40. The summed E-state index contributed by atoms with van der Waals surface area (Å²) in [6.45, 7) is 2.43. The standard InChI is InChI=1S/C15H20N6O3S/c1-3-8-17-14(23)18-12(22)9-25-15-20-19-13(21(15)16)10-6-4-5-7-11(10)24-2/h4-7H,3,8-9,16H2,1-2H3,(H2,17,18,22,23). The number of carbonyl (C=O) groups is 2. The van der Waals surface area contributed by atoms with Crippen molar-refractivity contribution >= 4 is 23.7 Å². The summed E-state index contributed by atoms with van der Waals surface area (Å²) in [6, 6.07) is 6.76. The van der Waals surface area contributed by atoms with Crippen LogP contribution < -0.4 is 21.2 Å². The fourth-order valence-electron chi connectivity index (χ4n) is 1.96. The Labute approximate surface area is 149 Å². The summed E-state index contributed by atoms with van der Waals surface area (Å²) < 4.78 is 6.57. The smallest absolute Gasteiger partial charge is 0.321 e. The molecule has 3 amide bonds. The van der Waals surface area contributed by atoms with E-state index in [1.54, 1.807) is 13.2 Å². The van der Waals surface area contributed by atoms with Crippen LogP contribution >= 0.6 is 11.8 Å². The summed E-state index contributed by atoms with van der Waals surface area (Å²) in [5, 5.41) is 13.2. The molecule has 1 aromatic carbocycles. The molecule has 0 radical (unpaired) electrons. The third-order valence-electron chi connectivity index (χ3n) is 3.13. The highest BCUT2D eigenvalue weighted by atomic mass is 32.2. The average molecular weight is 364 g/mol. The molecular formula is C15H20N6O3S. The quantitative estimate of drug-likeness (QED) is 0.494. The van der Waals surface area contributed by atoms with Gasteiger partial charge < -0.3 is 15.9 Å². The van der Waals surface area contributed by atoms with Gasteiger partial charge in [0.05, 0.1) is 18.4 Å². The van der Waals surface area contributed by atoms with Gasteiger partial charge in [-0.05, 0) is 18.6 Å². The molecule has 1 heterocycles. The van der Waals surface area contributed by atoms with E-state index in [2.05, 4.69) is 20.8 Å². The first kappa shape index (κ1) is 18.6. The van der Waals surface area contributed by atoms with Crippen molar-refractivity contribution in [2.45, 2.75) is 18.5 Å². The lowest BCUT2D eigenvalue weighted by atomic mass is 10.2. The fraction of sp³-hybridized carbons (Fsp3) is 0.333. The summed E-state index contributed by atoms with van der Waals surface area (Å²) in [4.78, 5) is 23.2. The van der Waals surface area contributed by atoms with Crippen molar-refractivity contribution in [3.05, 3.63) is 24.3 Å². The zero-order valence-electron chi connectivity index (χ0n) is 14.0. The molecule has 0 fully saturated rings. The number of nitrogen functional groups attached to an aromatic ring is 1. The number of aromatic nitrogens is 3. The number of hydrogen-bond donors (Lipinski definition) is 3. The number of carbonyl (C=O) groups excluding carboxylic acids is 2. The van der Waals surface area contributed by atoms with Crippen LogP contribution in [0.25, 0.3) is 11.4 Å². The van der Waals surface area contributed by atoms with Crippen LogP contribution in [0.5, 0.6) is 5.75 Å². The highest BCUT2D eigenvalue weighted by Gasteiger charge is 2.17. The molecule has 0 unspecified atom stereocenters. The number of methoxy groups -OCH3 is 1. The van der Waals surface area contributed by atoms with Gasteiger partial charge in [-0.1, -0.05) is 30.8 Å². The molecule has 0 aliphatic carbocycles. The molecule has 0 bridgehead atoms. The Bertz CT molecular complexity index is 749. The molecule has 1 aromatic heterocycles. The predicted molar refractivity (Wildman–Crippen MR) is 94.7 cm³/mol. The number of rotatable bonds is 7. The molecule has 2 rings (SSSR count). The molecule has 0 saturated heterocycles. The molecule has 25 heavy (non-hydrogen) atoms. The zero-order valence-corrected chi connectivity index (χ0v) is 14.8. The molecule has 0 aliphatic heterocycles. The van der Waals surface area contributed by atoms with E-state index in [9.17, 15) is 9.59 Å². The fourth-order valence-corrected chi connectivity index (χ4v) is 2.62. The molecule has 10 heteroatoms. The molecule has 4 N–H and O–H groups in total. The number of amides is 3. The molecule has 0 atom stereocenters. The lowest BCUT2D eigenvalue weighted by Gasteiger charge is -2.08. The number of thioether (sulfide) groups is 1. The Morgan fingerprint density at radius 2 is 2.08 bits per heavy atom. The second kappa shape index (κ2) is 8.92. The second-order valence-corrected chi connectivity index (χ2v) is 5.91. The summed E-state index contributed by atoms with van der Waals surface area (Å²) in [5.41, 5.74) is 0.690. The number of nitrogens with zero attached hydrogens (tertiary/aromatic N) is 3. The van der Waals surface area contributed by atoms with Crippen molar-refractivity contribution in [3.8, 4) is 17.1 Å². The Balaban J connectivity index is 2.00. The minimum atomic E-state index is -0.517. The Hall–Kier alpha value is -2.75.